The summed E-state index contributed by atoms with van der Waals surface area (Å²) in [5.74, 6) is 0.188. The number of amides is 1. The Labute approximate surface area is 141 Å². The van der Waals surface area contributed by atoms with Crippen LogP contribution < -0.4 is 5.73 Å². The summed E-state index contributed by atoms with van der Waals surface area (Å²) >= 11 is 3.48. The average molecular weight is 376 g/mol. The molecule has 1 aliphatic heterocycles. The first kappa shape index (κ1) is 18.5. The van der Waals surface area contributed by atoms with Gasteiger partial charge in [0.1, 0.15) is 0 Å². The fraction of sp³-hybridized carbons (Fsp3) is 0.562. The molecule has 5 heteroatoms. The van der Waals surface area contributed by atoms with Crippen LogP contribution in [0.1, 0.15) is 32.8 Å². The van der Waals surface area contributed by atoms with Gasteiger partial charge in [0.25, 0.3) is 0 Å². The predicted molar refractivity (Wildman–Crippen MR) is 92.8 cm³/mol. The molecule has 0 bridgehead atoms. The van der Waals surface area contributed by atoms with Crippen LogP contribution >= 0.6 is 28.3 Å². The SMILES string of the molecule is CC1(CN)CCN(C(=O)C(C)(C)c2cccc(Br)c2)C1.Cl. The van der Waals surface area contributed by atoms with Crippen molar-refractivity contribution in [3.05, 3.63) is 34.3 Å². The van der Waals surface area contributed by atoms with Gasteiger partial charge in [-0.2, -0.15) is 0 Å². The van der Waals surface area contributed by atoms with E-state index >= 15 is 0 Å². The minimum absolute atomic E-state index is 0. The van der Waals surface area contributed by atoms with Gasteiger partial charge >= 0.3 is 0 Å². The number of nitrogens with zero attached hydrogens (tertiary/aromatic N) is 1. The molecular weight excluding hydrogens is 352 g/mol. The maximum atomic E-state index is 12.9. The minimum Gasteiger partial charge on any atom is -0.341 e. The van der Waals surface area contributed by atoms with Crippen molar-refractivity contribution in [3.8, 4) is 0 Å². The highest BCUT2D eigenvalue weighted by Gasteiger charge is 2.40. The van der Waals surface area contributed by atoms with E-state index in [0.717, 1.165) is 29.5 Å². The highest BCUT2D eigenvalue weighted by Crippen LogP contribution is 2.34. The van der Waals surface area contributed by atoms with Crippen molar-refractivity contribution in [2.45, 2.75) is 32.6 Å². The number of nitrogens with two attached hydrogens (primary N) is 1. The van der Waals surface area contributed by atoms with E-state index in [0.29, 0.717) is 6.54 Å². The Hall–Kier alpha value is -0.580. The van der Waals surface area contributed by atoms with Crippen LogP contribution in [0.3, 0.4) is 0 Å². The van der Waals surface area contributed by atoms with Gasteiger partial charge in [0.2, 0.25) is 5.91 Å². The molecule has 1 aliphatic rings. The first-order chi connectivity index (χ1) is 9.28. The molecule has 21 heavy (non-hydrogen) atoms. The molecule has 0 aromatic heterocycles. The molecule has 1 amide bonds. The number of hydrogen-bond donors (Lipinski definition) is 1. The molecule has 1 aromatic rings. The van der Waals surface area contributed by atoms with Crippen molar-refractivity contribution < 1.29 is 4.79 Å². The molecule has 0 saturated carbocycles. The lowest BCUT2D eigenvalue weighted by Gasteiger charge is -2.31. The highest BCUT2D eigenvalue weighted by atomic mass is 79.9. The van der Waals surface area contributed by atoms with E-state index in [1.807, 2.05) is 43.0 Å². The van der Waals surface area contributed by atoms with Gasteiger partial charge in [-0.05, 0) is 49.9 Å². The summed E-state index contributed by atoms with van der Waals surface area (Å²) in [5, 5.41) is 0. The first-order valence-electron chi connectivity index (χ1n) is 7.04. The topological polar surface area (TPSA) is 46.3 Å². The van der Waals surface area contributed by atoms with Gasteiger partial charge in [0.15, 0.2) is 0 Å². The van der Waals surface area contributed by atoms with Crippen molar-refractivity contribution in [1.29, 1.82) is 0 Å². The molecule has 118 valence electrons. The second kappa shape index (κ2) is 6.67. The zero-order valence-corrected chi connectivity index (χ0v) is 15.3. The van der Waals surface area contributed by atoms with Gasteiger partial charge in [-0.3, -0.25) is 4.79 Å². The zero-order chi connectivity index (χ0) is 15.0. The second-order valence-corrected chi connectivity index (χ2v) is 7.54. The maximum absolute atomic E-state index is 12.9. The highest BCUT2D eigenvalue weighted by molar-refractivity contribution is 9.10. The predicted octanol–water partition coefficient (Wildman–Crippen LogP) is 3.35. The number of likely N-dealkylation sites (tertiary alicyclic amines) is 1. The summed E-state index contributed by atoms with van der Waals surface area (Å²) in [6.07, 6.45) is 0.990. The fourth-order valence-electron chi connectivity index (χ4n) is 2.76. The Bertz CT molecular complexity index is 521. The lowest BCUT2D eigenvalue weighted by molar-refractivity contribution is -0.135. The van der Waals surface area contributed by atoms with E-state index in [4.69, 9.17) is 5.73 Å². The Morgan fingerprint density at radius 2 is 2.14 bits per heavy atom. The lowest BCUT2D eigenvalue weighted by Crippen LogP contribution is -2.43. The van der Waals surface area contributed by atoms with Crippen LogP contribution in [0.2, 0.25) is 0 Å². The number of carbonyl (C=O) groups excluding carboxylic acids is 1. The molecule has 0 radical (unpaired) electrons. The quantitative estimate of drug-likeness (QED) is 0.880. The van der Waals surface area contributed by atoms with Crippen molar-refractivity contribution >= 4 is 34.2 Å². The molecule has 2 N–H and O–H groups in total. The Morgan fingerprint density at radius 3 is 2.67 bits per heavy atom. The van der Waals surface area contributed by atoms with Crippen molar-refractivity contribution in [1.82, 2.24) is 4.90 Å². The second-order valence-electron chi connectivity index (χ2n) is 6.63. The third-order valence-electron chi connectivity index (χ3n) is 4.42. The molecule has 1 heterocycles. The van der Waals surface area contributed by atoms with Crippen LogP contribution in [-0.4, -0.2) is 30.4 Å². The van der Waals surface area contributed by atoms with Gasteiger partial charge in [0.05, 0.1) is 5.41 Å². The third-order valence-corrected chi connectivity index (χ3v) is 4.91. The summed E-state index contributed by atoms with van der Waals surface area (Å²) < 4.78 is 1.00. The molecule has 1 atom stereocenters. The summed E-state index contributed by atoms with van der Waals surface area (Å²) in [7, 11) is 0. The molecule has 1 saturated heterocycles. The summed E-state index contributed by atoms with van der Waals surface area (Å²) in [6.45, 7) is 8.36. The molecule has 2 rings (SSSR count). The Balaban J connectivity index is 0.00000220. The van der Waals surface area contributed by atoms with E-state index in [1.165, 1.54) is 0 Å². The van der Waals surface area contributed by atoms with Crippen LogP contribution in [0.15, 0.2) is 28.7 Å². The number of halogens is 2. The summed E-state index contributed by atoms with van der Waals surface area (Å²) in [4.78, 5) is 14.8. The molecule has 1 aromatic carbocycles. The standard InChI is InChI=1S/C16H23BrN2O.ClH/c1-15(2,12-5-4-6-13(17)9-12)14(20)19-8-7-16(3,10-18)11-19;/h4-6,9H,7-8,10-11,18H2,1-3H3;1H. The van der Waals surface area contributed by atoms with Crippen molar-refractivity contribution in [2.75, 3.05) is 19.6 Å². The zero-order valence-electron chi connectivity index (χ0n) is 12.9. The van der Waals surface area contributed by atoms with Gasteiger partial charge in [-0.25, -0.2) is 0 Å². The molecule has 0 aliphatic carbocycles. The molecule has 0 spiro atoms. The molecule has 3 nitrogen and oxygen atoms in total. The minimum atomic E-state index is -0.510. The maximum Gasteiger partial charge on any atom is 0.232 e. The van der Waals surface area contributed by atoms with Crippen LogP contribution in [0.4, 0.5) is 0 Å². The van der Waals surface area contributed by atoms with Gasteiger partial charge in [-0.1, -0.05) is 35.0 Å². The molecular formula is C16H24BrClN2O. The molecule has 1 unspecified atom stereocenters. The Morgan fingerprint density at radius 1 is 1.48 bits per heavy atom. The van der Waals surface area contributed by atoms with E-state index in [2.05, 4.69) is 22.9 Å². The Kier molecular flexibility index (Phi) is 5.87. The number of carbonyl (C=O) groups is 1. The number of rotatable bonds is 3. The van der Waals surface area contributed by atoms with Crippen molar-refractivity contribution in [2.24, 2.45) is 11.1 Å². The van der Waals surface area contributed by atoms with Crippen LogP contribution in [-0.2, 0) is 10.2 Å². The smallest absolute Gasteiger partial charge is 0.232 e. The lowest BCUT2D eigenvalue weighted by atomic mass is 9.83. The summed E-state index contributed by atoms with van der Waals surface area (Å²) in [6, 6.07) is 7.99. The van der Waals surface area contributed by atoms with Gasteiger partial charge < -0.3 is 10.6 Å². The fourth-order valence-corrected chi connectivity index (χ4v) is 3.16. The van der Waals surface area contributed by atoms with E-state index in [1.54, 1.807) is 0 Å². The monoisotopic (exact) mass is 374 g/mol. The normalized spacial score (nSPS) is 22.0. The average Bonchev–Trinajstić information content (AvgIpc) is 2.81. The van der Waals surface area contributed by atoms with Gasteiger partial charge in [-0.15, -0.1) is 12.4 Å². The number of benzene rings is 1. The third kappa shape index (κ3) is 3.79. The van der Waals surface area contributed by atoms with Gasteiger partial charge in [0, 0.05) is 17.6 Å². The van der Waals surface area contributed by atoms with Crippen LogP contribution in [0, 0.1) is 5.41 Å². The molecule has 1 fully saturated rings. The number of hydrogen-bond acceptors (Lipinski definition) is 2. The summed E-state index contributed by atoms with van der Waals surface area (Å²) in [5.41, 5.74) is 6.43. The van der Waals surface area contributed by atoms with E-state index in [9.17, 15) is 4.79 Å². The first-order valence-corrected chi connectivity index (χ1v) is 7.83. The van der Waals surface area contributed by atoms with E-state index in [-0.39, 0.29) is 23.7 Å². The largest absolute Gasteiger partial charge is 0.341 e. The van der Waals surface area contributed by atoms with E-state index < -0.39 is 5.41 Å². The van der Waals surface area contributed by atoms with Crippen molar-refractivity contribution in [3.63, 3.8) is 0 Å². The van der Waals surface area contributed by atoms with Crippen LogP contribution in [0.5, 0.6) is 0 Å². The van der Waals surface area contributed by atoms with Crippen LogP contribution in [0.25, 0.3) is 0 Å².